The number of imidazole rings is 1. The second-order valence-corrected chi connectivity index (χ2v) is 6.15. The van der Waals surface area contributed by atoms with Crippen molar-refractivity contribution in [3.63, 3.8) is 0 Å². The summed E-state index contributed by atoms with van der Waals surface area (Å²) in [6, 6.07) is 0. The zero-order chi connectivity index (χ0) is 11.2. The minimum Gasteiger partial charge on any atom is -0.345 e. The molecule has 2 atom stereocenters. The molecule has 0 amide bonds. The third-order valence-electron chi connectivity index (χ3n) is 3.30. The smallest absolute Gasteiger partial charge is 0.111 e. The van der Waals surface area contributed by atoms with Crippen molar-refractivity contribution in [3.05, 3.63) is 17.2 Å². The number of aromatic amines is 1. The monoisotopic (exact) mass is 206 g/mol. The first-order valence-electron chi connectivity index (χ1n) is 5.97. The van der Waals surface area contributed by atoms with Gasteiger partial charge in [-0.15, -0.1) is 0 Å². The SMILES string of the molecule is CC1Cc2[nH]c(C(C)(C)C)nc2C(C)C1. The molecule has 1 aromatic rings. The minimum atomic E-state index is 0.139. The van der Waals surface area contributed by atoms with Crippen LogP contribution in [0.4, 0.5) is 0 Å². The van der Waals surface area contributed by atoms with E-state index in [0.717, 1.165) is 11.7 Å². The fourth-order valence-electron chi connectivity index (χ4n) is 2.49. The van der Waals surface area contributed by atoms with Crippen LogP contribution in [0.2, 0.25) is 0 Å². The van der Waals surface area contributed by atoms with Crippen molar-refractivity contribution in [2.75, 3.05) is 0 Å². The van der Waals surface area contributed by atoms with Crippen LogP contribution in [0.3, 0.4) is 0 Å². The Morgan fingerprint density at radius 3 is 2.53 bits per heavy atom. The molecule has 84 valence electrons. The highest BCUT2D eigenvalue weighted by Crippen LogP contribution is 2.34. The molecule has 2 heteroatoms. The number of rotatable bonds is 0. The Morgan fingerprint density at radius 2 is 1.93 bits per heavy atom. The van der Waals surface area contributed by atoms with E-state index in [-0.39, 0.29) is 5.41 Å². The lowest BCUT2D eigenvalue weighted by Crippen LogP contribution is -2.14. The second kappa shape index (κ2) is 3.36. The van der Waals surface area contributed by atoms with E-state index < -0.39 is 0 Å². The highest BCUT2D eigenvalue weighted by Gasteiger charge is 2.28. The van der Waals surface area contributed by atoms with Gasteiger partial charge in [0.05, 0.1) is 5.69 Å². The van der Waals surface area contributed by atoms with Crippen LogP contribution in [0.25, 0.3) is 0 Å². The number of fused-ring (bicyclic) bond motifs is 1. The van der Waals surface area contributed by atoms with Crippen molar-refractivity contribution < 1.29 is 0 Å². The van der Waals surface area contributed by atoms with Crippen LogP contribution in [0.15, 0.2) is 0 Å². The average Bonchev–Trinajstić information content (AvgIpc) is 2.46. The number of hydrogen-bond donors (Lipinski definition) is 1. The van der Waals surface area contributed by atoms with Gasteiger partial charge in [0, 0.05) is 17.0 Å². The molecule has 0 saturated carbocycles. The van der Waals surface area contributed by atoms with E-state index in [4.69, 9.17) is 4.98 Å². The van der Waals surface area contributed by atoms with Gasteiger partial charge in [0.1, 0.15) is 5.82 Å². The third kappa shape index (κ3) is 1.95. The van der Waals surface area contributed by atoms with Crippen molar-refractivity contribution in [2.24, 2.45) is 5.92 Å². The first-order valence-corrected chi connectivity index (χ1v) is 5.97. The Balaban J connectivity index is 2.39. The molecule has 0 radical (unpaired) electrons. The Kier molecular flexibility index (Phi) is 2.40. The third-order valence-corrected chi connectivity index (χ3v) is 3.30. The van der Waals surface area contributed by atoms with Gasteiger partial charge in [-0.2, -0.15) is 0 Å². The summed E-state index contributed by atoms with van der Waals surface area (Å²) in [6.45, 7) is 11.3. The Labute approximate surface area is 92.5 Å². The van der Waals surface area contributed by atoms with E-state index in [9.17, 15) is 0 Å². The van der Waals surface area contributed by atoms with Crippen LogP contribution in [-0.2, 0) is 11.8 Å². The lowest BCUT2D eigenvalue weighted by molar-refractivity contribution is 0.440. The molecule has 2 rings (SSSR count). The summed E-state index contributed by atoms with van der Waals surface area (Å²) in [6.07, 6.45) is 2.45. The Hall–Kier alpha value is -0.790. The molecule has 1 aliphatic rings. The molecule has 0 fully saturated rings. The van der Waals surface area contributed by atoms with Gasteiger partial charge in [-0.25, -0.2) is 4.98 Å². The van der Waals surface area contributed by atoms with Gasteiger partial charge in [-0.05, 0) is 18.8 Å². The topological polar surface area (TPSA) is 28.7 Å². The first kappa shape index (κ1) is 10.7. The molecule has 0 aliphatic heterocycles. The summed E-state index contributed by atoms with van der Waals surface area (Å²) >= 11 is 0. The zero-order valence-electron chi connectivity index (χ0n) is 10.5. The lowest BCUT2D eigenvalue weighted by atomic mass is 9.84. The van der Waals surface area contributed by atoms with Gasteiger partial charge >= 0.3 is 0 Å². The van der Waals surface area contributed by atoms with Crippen molar-refractivity contribution in [1.29, 1.82) is 0 Å². The van der Waals surface area contributed by atoms with Crippen molar-refractivity contribution in [1.82, 2.24) is 9.97 Å². The molecule has 0 spiro atoms. The van der Waals surface area contributed by atoms with Crippen LogP contribution in [0.5, 0.6) is 0 Å². The fourth-order valence-corrected chi connectivity index (χ4v) is 2.49. The number of nitrogens with zero attached hydrogens (tertiary/aromatic N) is 1. The summed E-state index contributed by atoms with van der Waals surface area (Å²) in [7, 11) is 0. The highest BCUT2D eigenvalue weighted by molar-refractivity contribution is 5.24. The fraction of sp³-hybridized carbons (Fsp3) is 0.769. The molecule has 2 nitrogen and oxygen atoms in total. The van der Waals surface area contributed by atoms with Crippen LogP contribution in [-0.4, -0.2) is 9.97 Å². The van der Waals surface area contributed by atoms with Crippen LogP contribution in [0, 0.1) is 5.92 Å². The van der Waals surface area contributed by atoms with Crippen molar-refractivity contribution >= 4 is 0 Å². The van der Waals surface area contributed by atoms with Gasteiger partial charge in [-0.1, -0.05) is 34.6 Å². The predicted molar refractivity (Wildman–Crippen MR) is 63.2 cm³/mol. The quantitative estimate of drug-likeness (QED) is 0.692. The first-order chi connectivity index (χ1) is 6.88. The summed E-state index contributed by atoms with van der Waals surface area (Å²) in [5, 5.41) is 0. The van der Waals surface area contributed by atoms with E-state index >= 15 is 0 Å². The number of nitrogens with one attached hydrogen (secondary N) is 1. The molecule has 1 heterocycles. The van der Waals surface area contributed by atoms with E-state index in [1.807, 2.05) is 0 Å². The largest absolute Gasteiger partial charge is 0.345 e. The Morgan fingerprint density at radius 1 is 1.27 bits per heavy atom. The van der Waals surface area contributed by atoms with Crippen molar-refractivity contribution in [3.8, 4) is 0 Å². The summed E-state index contributed by atoms with van der Waals surface area (Å²) in [5.41, 5.74) is 2.84. The van der Waals surface area contributed by atoms with Gasteiger partial charge < -0.3 is 4.98 Å². The Bertz CT molecular complexity index is 357. The van der Waals surface area contributed by atoms with E-state index in [1.54, 1.807) is 0 Å². The molecule has 0 bridgehead atoms. The van der Waals surface area contributed by atoms with Gasteiger partial charge in [0.15, 0.2) is 0 Å². The molecule has 1 N–H and O–H groups in total. The van der Waals surface area contributed by atoms with Crippen LogP contribution < -0.4 is 0 Å². The molecule has 0 saturated heterocycles. The minimum absolute atomic E-state index is 0.139. The summed E-state index contributed by atoms with van der Waals surface area (Å²) in [5.74, 6) is 2.56. The number of H-pyrrole nitrogens is 1. The van der Waals surface area contributed by atoms with E-state index in [2.05, 4.69) is 39.6 Å². The van der Waals surface area contributed by atoms with Gasteiger partial charge in [0.25, 0.3) is 0 Å². The summed E-state index contributed by atoms with van der Waals surface area (Å²) in [4.78, 5) is 8.31. The standard InChI is InChI=1S/C13H22N2/c1-8-6-9(2)11-10(7-8)14-12(15-11)13(3,4)5/h8-9H,6-7H2,1-5H3,(H,14,15). The molecule has 2 unspecified atom stereocenters. The maximum atomic E-state index is 4.78. The molecular weight excluding hydrogens is 184 g/mol. The molecular formula is C13H22N2. The van der Waals surface area contributed by atoms with E-state index in [1.165, 1.54) is 24.2 Å². The van der Waals surface area contributed by atoms with Crippen LogP contribution >= 0.6 is 0 Å². The van der Waals surface area contributed by atoms with Gasteiger partial charge in [-0.3, -0.25) is 0 Å². The van der Waals surface area contributed by atoms with Crippen molar-refractivity contribution in [2.45, 2.75) is 58.8 Å². The summed E-state index contributed by atoms with van der Waals surface area (Å²) < 4.78 is 0. The zero-order valence-corrected chi connectivity index (χ0v) is 10.5. The van der Waals surface area contributed by atoms with E-state index in [0.29, 0.717) is 5.92 Å². The second-order valence-electron chi connectivity index (χ2n) is 6.15. The normalized spacial score (nSPS) is 26.5. The molecule has 0 aromatic carbocycles. The predicted octanol–water partition coefficient (Wildman–Crippen LogP) is 3.39. The highest BCUT2D eigenvalue weighted by atomic mass is 15.0. The molecule has 1 aromatic heterocycles. The maximum absolute atomic E-state index is 4.78. The number of hydrogen-bond acceptors (Lipinski definition) is 1. The number of aromatic nitrogens is 2. The van der Waals surface area contributed by atoms with Crippen LogP contribution in [0.1, 0.15) is 64.2 Å². The average molecular weight is 206 g/mol. The lowest BCUT2D eigenvalue weighted by Gasteiger charge is -2.22. The van der Waals surface area contributed by atoms with Gasteiger partial charge in [0.2, 0.25) is 0 Å². The molecule has 15 heavy (non-hydrogen) atoms. The maximum Gasteiger partial charge on any atom is 0.111 e. The molecule has 1 aliphatic carbocycles.